The first-order valence-electron chi connectivity index (χ1n) is 4.74. The van der Waals surface area contributed by atoms with Gasteiger partial charge in [0.1, 0.15) is 0 Å². The fraction of sp³-hybridized carbons (Fsp3) is 0.154. The quantitative estimate of drug-likeness (QED) is 0.745. The summed E-state index contributed by atoms with van der Waals surface area (Å²) in [6, 6.07) is 9.35. The van der Waals surface area contributed by atoms with Gasteiger partial charge in [-0.1, -0.05) is 43.0 Å². The van der Waals surface area contributed by atoms with Crippen molar-refractivity contribution in [3.8, 4) is 0 Å². The number of hydrogen-bond donors (Lipinski definition) is 1. The molecule has 1 aromatic rings. The first-order chi connectivity index (χ1) is 7.16. The summed E-state index contributed by atoms with van der Waals surface area (Å²) < 4.78 is 0. The van der Waals surface area contributed by atoms with Gasteiger partial charge in [0.05, 0.1) is 5.92 Å². The van der Waals surface area contributed by atoms with Gasteiger partial charge >= 0.3 is 5.97 Å². The van der Waals surface area contributed by atoms with Crippen LogP contribution in [0, 0.1) is 5.92 Å². The summed E-state index contributed by atoms with van der Waals surface area (Å²) in [4.78, 5) is 11.0. The molecule has 1 atom stereocenters. The molecule has 2 nitrogen and oxygen atoms in total. The summed E-state index contributed by atoms with van der Waals surface area (Å²) >= 11 is 0. The fourth-order valence-corrected chi connectivity index (χ4v) is 1.41. The molecule has 0 fully saturated rings. The van der Waals surface area contributed by atoms with Gasteiger partial charge in [-0.25, -0.2) is 0 Å². The van der Waals surface area contributed by atoms with Crippen LogP contribution in [-0.4, -0.2) is 11.1 Å². The lowest BCUT2D eigenvalue weighted by molar-refractivity contribution is -0.139. The molecule has 0 aliphatic heterocycles. The zero-order valence-corrected chi connectivity index (χ0v) is 8.52. The molecule has 15 heavy (non-hydrogen) atoms. The maximum atomic E-state index is 11.0. The molecule has 1 unspecified atom stereocenters. The van der Waals surface area contributed by atoms with Gasteiger partial charge in [-0.2, -0.15) is 0 Å². The van der Waals surface area contributed by atoms with Crippen molar-refractivity contribution in [2.45, 2.75) is 6.42 Å². The van der Waals surface area contributed by atoms with E-state index in [4.69, 9.17) is 5.11 Å². The Hall–Kier alpha value is -1.83. The summed E-state index contributed by atoms with van der Waals surface area (Å²) in [5, 5.41) is 9.03. The topological polar surface area (TPSA) is 37.3 Å². The van der Waals surface area contributed by atoms with E-state index in [1.54, 1.807) is 6.08 Å². The third-order valence-corrected chi connectivity index (χ3v) is 2.27. The average molecular weight is 202 g/mol. The van der Waals surface area contributed by atoms with Crippen LogP contribution in [0.25, 0.3) is 5.57 Å². The fourth-order valence-electron chi connectivity index (χ4n) is 1.41. The third-order valence-electron chi connectivity index (χ3n) is 2.27. The second-order valence-corrected chi connectivity index (χ2v) is 3.31. The molecular weight excluding hydrogens is 188 g/mol. The van der Waals surface area contributed by atoms with E-state index in [-0.39, 0.29) is 0 Å². The maximum Gasteiger partial charge on any atom is 0.311 e. The van der Waals surface area contributed by atoms with Crippen LogP contribution in [0.4, 0.5) is 0 Å². The Morgan fingerprint density at radius 2 is 2.00 bits per heavy atom. The highest BCUT2D eigenvalue weighted by Crippen LogP contribution is 2.24. The van der Waals surface area contributed by atoms with Crippen molar-refractivity contribution in [1.29, 1.82) is 0 Å². The Balaban J connectivity index is 2.91. The standard InChI is InChI=1S/C13H14O2/c1-3-7-12(13(14)15)10(2)11-8-5-4-6-9-11/h3-6,8-9,12H,1-2,7H2,(H,14,15). The zero-order chi connectivity index (χ0) is 11.3. The molecule has 0 saturated carbocycles. The van der Waals surface area contributed by atoms with Gasteiger partial charge in [0.2, 0.25) is 0 Å². The van der Waals surface area contributed by atoms with Gasteiger partial charge in [-0.3, -0.25) is 4.79 Å². The van der Waals surface area contributed by atoms with Gasteiger partial charge in [-0.15, -0.1) is 6.58 Å². The number of carboxylic acid groups (broad SMARTS) is 1. The molecule has 0 aromatic heterocycles. The molecule has 0 aliphatic rings. The second kappa shape index (κ2) is 5.15. The van der Waals surface area contributed by atoms with Crippen LogP contribution in [0.5, 0.6) is 0 Å². The van der Waals surface area contributed by atoms with Crippen molar-refractivity contribution in [1.82, 2.24) is 0 Å². The van der Waals surface area contributed by atoms with Crippen molar-refractivity contribution in [2.24, 2.45) is 5.92 Å². The molecule has 1 N–H and O–H groups in total. The number of benzene rings is 1. The van der Waals surface area contributed by atoms with E-state index in [2.05, 4.69) is 13.2 Å². The molecule has 1 rings (SSSR count). The highest BCUT2D eigenvalue weighted by molar-refractivity contribution is 5.86. The smallest absolute Gasteiger partial charge is 0.311 e. The summed E-state index contributed by atoms with van der Waals surface area (Å²) in [6.07, 6.45) is 2.01. The van der Waals surface area contributed by atoms with Crippen LogP contribution >= 0.6 is 0 Å². The normalized spacial score (nSPS) is 11.7. The van der Waals surface area contributed by atoms with Crippen LogP contribution in [0.1, 0.15) is 12.0 Å². The number of carboxylic acids is 1. The summed E-state index contributed by atoms with van der Waals surface area (Å²) in [6.45, 7) is 7.39. The lowest BCUT2D eigenvalue weighted by Gasteiger charge is -2.13. The first-order valence-corrected chi connectivity index (χ1v) is 4.74. The van der Waals surface area contributed by atoms with E-state index in [0.717, 1.165) is 5.56 Å². The van der Waals surface area contributed by atoms with Gasteiger partial charge in [0.15, 0.2) is 0 Å². The van der Waals surface area contributed by atoms with Crippen LogP contribution in [-0.2, 0) is 4.79 Å². The minimum atomic E-state index is -0.858. The number of carbonyl (C=O) groups is 1. The molecule has 0 spiro atoms. The maximum absolute atomic E-state index is 11.0. The monoisotopic (exact) mass is 202 g/mol. The summed E-state index contributed by atoms with van der Waals surface area (Å²) in [5.74, 6) is -1.44. The highest BCUT2D eigenvalue weighted by Gasteiger charge is 2.19. The first kappa shape index (κ1) is 11.2. The molecule has 0 amide bonds. The number of hydrogen-bond acceptors (Lipinski definition) is 1. The minimum Gasteiger partial charge on any atom is -0.481 e. The number of rotatable bonds is 5. The molecular formula is C13H14O2. The lowest BCUT2D eigenvalue weighted by atomic mass is 9.91. The number of aliphatic carboxylic acids is 1. The lowest BCUT2D eigenvalue weighted by Crippen LogP contribution is -2.14. The molecule has 0 radical (unpaired) electrons. The Morgan fingerprint density at radius 3 is 2.47 bits per heavy atom. The molecule has 1 aromatic carbocycles. The summed E-state index contributed by atoms with van der Waals surface area (Å²) in [7, 11) is 0. The Morgan fingerprint density at radius 1 is 1.40 bits per heavy atom. The second-order valence-electron chi connectivity index (χ2n) is 3.31. The molecule has 2 heteroatoms. The molecule has 0 bridgehead atoms. The Labute approximate surface area is 89.6 Å². The van der Waals surface area contributed by atoms with E-state index in [0.29, 0.717) is 12.0 Å². The van der Waals surface area contributed by atoms with Crippen LogP contribution in [0.3, 0.4) is 0 Å². The van der Waals surface area contributed by atoms with Gasteiger partial charge < -0.3 is 5.11 Å². The van der Waals surface area contributed by atoms with Gasteiger partial charge in [0, 0.05) is 0 Å². The van der Waals surface area contributed by atoms with Gasteiger partial charge in [-0.05, 0) is 17.6 Å². The molecule has 0 saturated heterocycles. The van der Waals surface area contributed by atoms with Crippen LogP contribution in [0.15, 0.2) is 49.6 Å². The highest BCUT2D eigenvalue weighted by atomic mass is 16.4. The van der Waals surface area contributed by atoms with Crippen molar-refractivity contribution >= 4 is 11.5 Å². The van der Waals surface area contributed by atoms with Crippen molar-refractivity contribution in [3.63, 3.8) is 0 Å². The Bertz CT molecular complexity index is 365. The molecule has 78 valence electrons. The van der Waals surface area contributed by atoms with E-state index in [9.17, 15) is 4.79 Å². The van der Waals surface area contributed by atoms with Crippen LogP contribution in [0.2, 0.25) is 0 Å². The molecule has 0 aliphatic carbocycles. The van der Waals surface area contributed by atoms with Crippen molar-refractivity contribution in [3.05, 3.63) is 55.1 Å². The predicted molar refractivity (Wildman–Crippen MR) is 61.4 cm³/mol. The average Bonchev–Trinajstić information content (AvgIpc) is 2.26. The minimum absolute atomic E-state index is 0.406. The zero-order valence-electron chi connectivity index (χ0n) is 8.52. The predicted octanol–water partition coefficient (Wildman–Crippen LogP) is 2.98. The van der Waals surface area contributed by atoms with Crippen molar-refractivity contribution < 1.29 is 9.90 Å². The number of allylic oxidation sites excluding steroid dienone is 1. The van der Waals surface area contributed by atoms with E-state index in [1.165, 1.54) is 0 Å². The summed E-state index contributed by atoms with van der Waals surface area (Å²) in [5.41, 5.74) is 1.50. The van der Waals surface area contributed by atoms with Gasteiger partial charge in [0.25, 0.3) is 0 Å². The van der Waals surface area contributed by atoms with Crippen molar-refractivity contribution in [2.75, 3.05) is 0 Å². The Kier molecular flexibility index (Phi) is 3.86. The third kappa shape index (κ3) is 2.81. The van der Waals surface area contributed by atoms with E-state index in [1.807, 2.05) is 30.3 Å². The molecule has 0 heterocycles. The van der Waals surface area contributed by atoms with Crippen LogP contribution < -0.4 is 0 Å². The van der Waals surface area contributed by atoms with E-state index < -0.39 is 11.9 Å². The SMILES string of the molecule is C=CCC(C(=C)c1ccccc1)C(=O)O. The van der Waals surface area contributed by atoms with E-state index >= 15 is 0 Å². The largest absolute Gasteiger partial charge is 0.481 e.